The van der Waals surface area contributed by atoms with Gasteiger partial charge < -0.3 is 15.2 Å². The normalized spacial score (nSPS) is 12.5. The highest BCUT2D eigenvalue weighted by Gasteiger charge is 2.18. The van der Waals surface area contributed by atoms with Crippen LogP contribution in [-0.4, -0.2) is 51.7 Å². The maximum Gasteiger partial charge on any atom is 0.336 e. The van der Waals surface area contributed by atoms with Crippen molar-refractivity contribution in [2.75, 3.05) is 20.2 Å². The highest BCUT2D eigenvalue weighted by molar-refractivity contribution is 7.89. The fraction of sp³-hybridized carbons (Fsp3) is 0.333. The Morgan fingerprint density at radius 1 is 1.29 bits per heavy atom. The molecule has 0 fully saturated rings. The van der Waals surface area contributed by atoms with Gasteiger partial charge in [-0.05, 0) is 12.1 Å². The van der Waals surface area contributed by atoms with Gasteiger partial charge in [-0.2, -0.15) is 0 Å². The Balaban J connectivity index is 2.45. The number of aliphatic hydroxyl groups is 1. The van der Waals surface area contributed by atoms with E-state index in [-0.39, 0.29) is 11.4 Å². The molecule has 1 unspecified atom stereocenters. The monoisotopic (exact) mass is 316 g/mol. The molecule has 116 valence electrons. The van der Waals surface area contributed by atoms with E-state index >= 15 is 0 Å². The van der Waals surface area contributed by atoms with Gasteiger partial charge in [-0.1, -0.05) is 18.2 Å². The minimum atomic E-state index is -3.78. The Morgan fingerprint density at radius 3 is 2.48 bits per heavy atom. The first-order valence-corrected chi connectivity index (χ1v) is 7.42. The van der Waals surface area contributed by atoms with Gasteiger partial charge in [0, 0.05) is 0 Å². The molecule has 0 heterocycles. The van der Waals surface area contributed by atoms with Crippen LogP contribution in [0.1, 0.15) is 0 Å². The summed E-state index contributed by atoms with van der Waals surface area (Å²) in [5, 5.41) is 11.4. The van der Waals surface area contributed by atoms with Crippen LogP contribution < -0.4 is 10.0 Å². The zero-order valence-corrected chi connectivity index (χ0v) is 12.1. The lowest BCUT2D eigenvalue weighted by atomic mass is 10.3. The van der Waals surface area contributed by atoms with E-state index in [1.807, 2.05) is 0 Å². The second kappa shape index (κ2) is 7.72. The molecule has 8 nitrogen and oxygen atoms in total. The van der Waals surface area contributed by atoms with Crippen molar-refractivity contribution in [2.45, 2.75) is 11.0 Å². The first kappa shape index (κ1) is 17.1. The number of benzene rings is 1. The molecule has 1 rings (SSSR count). The van der Waals surface area contributed by atoms with Crippen LogP contribution >= 0.6 is 0 Å². The van der Waals surface area contributed by atoms with E-state index in [2.05, 4.69) is 14.8 Å². The molecule has 0 aromatic heterocycles. The molecule has 1 amide bonds. The van der Waals surface area contributed by atoms with Crippen LogP contribution in [0.3, 0.4) is 0 Å². The smallest absolute Gasteiger partial charge is 0.336 e. The number of esters is 1. The molecule has 9 heteroatoms. The van der Waals surface area contributed by atoms with Gasteiger partial charge in [0.25, 0.3) is 0 Å². The van der Waals surface area contributed by atoms with Crippen LogP contribution in [0.5, 0.6) is 0 Å². The van der Waals surface area contributed by atoms with E-state index in [0.717, 1.165) is 7.11 Å². The topological polar surface area (TPSA) is 122 Å². The molecule has 0 saturated carbocycles. The fourth-order valence-electron chi connectivity index (χ4n) is 1.34. The Morgan fingerprint density at radius 2 is 1.90 bits per heavy atom. The molecule has 1 aromatic carbocycles. The average molecular weight is 316 g/mol. The summed E-state index contributed by atoms with van der Waals surface area (Å²) < 4.78 is 30.0. The summed E-state index contributed by atoms with van der Waals surface area (Å²) in [5.41, 5.74) is 0. The van der Waals surface area contributed by atoms with Crippen LogP contribution in [0.4, 0.5) is 0 Å². The Hall–Kier alpha value is -1.97. The van der Waals surface area contributed by atoms with Gasteiger partial charge in [-0.3, -0.25) is 4.79 Å². The zero-order chi connectivity index (χ0) is 15.9. The lowest BCUT2D eigenvalue weighted by Crippen LogP contribution is -2.42. The summed E-state index contributed by atoms with van der Waals surface area (Å²) >= 11 is 0. The van der Waals surface area contributed by atoms with Crippen molar-refractivity contribution in [3.8, 4) is 0 Å². The molecule has 0 spiro atoms. The second-order valence-electron chi connectivity index (χ2n) is 3.98. The highest BCUT2D eigenvalue weighted by atomic mass is 32.2. The van der Waals surface area contributed by atoms with Crippen molar-refractivity contribution in [1.82, 2.24) is 10.0 Å². The van der Waals surface area contributed by atoms with E-state index in [4.69, 9.17) is 0 Å². The number of hydrogen-bond acceptors (Lipinski definition) is 6. The van der Waals surface area contributed by atoms with Crippen LogP contribution in [-0.2, 0) is 24.3 Å². The van der Waals surface area contributed by atoms with E-state index in [0.29, 0.717) is 0 Å². The SMILES string of the molecule is COC(=O)C(O)CNC(=O)CNS(=O)(=O)c1ccccc1. The van der Waals surface area contributed by atoms with Crippen LogP contribution in [0.2, 0.25) is 0 Å². The quantitative estimate of drug-likeness (QED) is 0.533. The predicted octanol–water partition coefficient (Wildman–Crippen LogP) is -1.38. The maximum absolute atomic E-state index is 11.8. The van der Waals surface area contributed by atoms with E-state index in [1.165, 1.54) is 12.1 Å². The van der Waals surface area contributed by atoms with Crippen molar-refractivity contribution < 1.29 is 27.9 Å². The van der Waals surface area contributed by atoms with Crippen molar-refractivity contribution in [2.24, 2.45) is 0 Å². The number of ether oxygens (including phenoxy) is 1. The largest absolute Gasteiger partial charge is 0.467 e. The molecule has 21 heavy (non-hydrogen) atoms. The van der Waals surface area contributed by atoms with Gasteiger partial charge in [0.2, 0.25) is 15.9 Å². The van der Waals surface area contributed by atoms with Crippen molar-refractivity contribution in [3.05, 3.63) is 30.3 Å². The van der Waals surface area contributed by atoms with Crippen LogP contribution in [0.15, 0.2) is 35.2 Å². The first-order valence-electron chi connectivity index (χ1n) is 5.94. The standard InChI is InChI=1S/C12H16N2O6S/c1-20-12(17)10(15)7-13-11(16)8-14-21(18,19)9-5-3-2-4-6-9/h2-6,10,14-15H,7-8H2,1H3,(H,13,16). The third-order valence-electron chi connectivity index (χ3n) is 2.44. The molecule has 1 aromatic rings. The number of sulfonamides is 1. The van der Waals surface area contributed by atoms with Crippen molar-refractivity contribution in [1.29, 1.82) is 0 Å². The Kier molecular flexibility index (Phi) is 6.28. The molecule has 1 atom stereocenters. The minimum Gasteiger partial charge on any atom is -0.467 e. The lowest BCUT2D eigenvalue weighted by Gasteiger charge is -2.10. The summed E-state index contributed by atoms with van der Waals surface area (Å²) in [6, 6.07) is 7.56. The number of methoxy groups -OCH3 is 1. The van der Waals surface area contributed by atoms with Gasteiger partial charge in [0.1, 0.15) is 0 Å². The van der Waals surface area contributed by atoms with E-state index < -0.39 is 34.5 Å². The summed E-state index contributed by atoms with van der Waals surface area (Å²) in [7, 11) is -2.68. The average Bonchev–Trinajstić information content (AvgIpc) is 2.50. The molecular formula is C12H16N2O6S. The summed E-state index contributed by atoms with van der Waals surface area (Å²) in [4.78, 5) is 22.4. The van der Waals surface area contributed by atoms with E-state index in [9.17, 15) is 23.1 Å². The van der Waals surface area contributed by atoms with Crippen LogP contribution in [0.25, 0.3) is 0 Å². The number of carbonyl (C=O) groups is 2. The predicted molar refractivity (Wildman–Crippen MR) is 72.7 cm³/mol. The number of hydrogen-bond donors (Lipinski definition) is 3. The summed E-state index contributed by atoms with van der Waals surface area (Å²) in [6.07, 6.45) is -1.50. The van der Waals surface area contributed by atoms with Gasteiger partial charge in [-0.25, -0.2) is 17.9 Å². The Labute approximate surface area is 122 Å². The van der Waals surface area contributed by atoms with Gasteiger partial charge in [-0.15, -0.1) is 0 Å². The molecule has 3 N–H and O–H groups in total. The number of carbonyl (C=O) groups excluding carboxylic acids is 2. The first-order chi connectivity index (χ1) is 9.86. The molecule has 0 radical (unpaired) electrons. The Bertz CT molecular complexity index is 587. The second-order valence-corrected chi connectivity index (χ2v) is 5.75. The zero-order valence-electron chi connectivity index (χ0n) is 11.3. The molecule has 0 aliphatic carbocycles. The lowest BCUT2D eigenvalue weighted by molar-refractivity contribution is -0.150. The minimum absolute atomic E-state index is 0.0346. The highest BCUT2D eigenvalue weighted by Crippen LogP contribution is 2.06. The van der Waals surface area contributed by atoms with Gasteiger partial charge >= 0.3 is 5.97 Å². The van der Waals surface area contributed by atoms with Crippen molar-refractivity contribution >= 4 is 21.9 Å². The summed E-state index contributed by atoms with van der Waals surface area (Å²) in [6.45, 7) is -0.871. The third kappa shape index (κ3) is 5.50. The molecule has 0 aliphatic rings. The number of amides is 1. The van der Waals surface area contributed by atoms with Gasteiger partial charge in [0.05, 0.1) is 25.1 Å². The van der Waals surface area contributed by atoms with E-state index in [1.54, 1.807) is 18.2 Å². The van der Waals surface area contributed by atoms with Gasteiger partial charge in [0.15, 0.2) is 6.10 Å². The maximum atomic E-state index is 11.8. The third-order valence-corrected chi connectivity index (χ3v) is 3.86. The molecule has 0 bridgehead atoms. The number of rotatable bonds is 7. The van der Waals surface area contributed by atoms with Crippen molar-refractivity contribution in [3.63, 3.8) is 0 Å². The van der Waals surface area contributed by atoms with Crippen LogP contribution in [0, 0.1) is 0 Å². The fourth-order valence-corrected chi connectivity index (χ4v) is 2.34. The number of aliphatic hydroxyl groups excluding tert-OH is 1. The molecular weight excluding hydrogens is 300 g/mol. The number of nitrogens with one attached hydrogen (secondary N) is 2. The molecule has 0 aliphatic heterocycles. The summed E-state index contributed by atoms with van der Waals surface area (Å²) in [5.74, 6) is -1.57. The molecule has 0 saturated heterocycles.